The Bertz CT molecular complexity index is 948. The van der Waals surface area contributed by atoms with Crippen LogP contribution in [0, 0.1) is 5.82 Å². The molecule has 0 spiro atoms. The van der Waals surface area contributed by atoms with Crippen molar-refractivity contribution in [2.24, 2.45) is 0 Å². The van der Waals surface area contributed by atoms with E-state index in [1.54, 1.807) is 48.7 Å². The third-order valence-corrected chi connectivity index (χ3v) is 3.98. The van der Waals surface area contributed by atoms with Crippen LogP contribution in [0.3, 0.4) is 0 Å². The molecule has 2 N–H and O–H groups in total. The van der Waals surface area contributed by atoms with E-state index < -0.39 is 0 Å². The van der Waals surface area contributed by atoms with Crippen molar-refractivity contribution in [1.29, 1.82) is 0 Å². The smallest absolute Gasteiger partial charge is 0.319 e. The molecule has 2 aromatic carbocycles. The number of carbonyl (C=O) groups excluding carboxylic acids is 1. The van der Waals surface area contributed by atoms with Gasteiger partial charge in [-0.2, -0.15) is 0 Å². The molecule has 0 fully saturated rings. The van der Waals surface area contributed by atoms with Crippen LogP contribution in [0.2, 0.25) is 0 Å². The largest absolute Gasteiger partial charge is 0.489 e. The predicted molar refractivity (Wildman–Crippen MR) is 108 cm³/mol. The first-order valence-corrected chi connectivity index (χ1v) is 9.23. The Morgan fingerprint density at radius 2 is 1.90 bits per heavy atom. The van der Waals surface area contributed by atoms with Crippen LogP contribution < -0.4 is 20.1 Å². The number of ether oxygens (including phenoxy) is 2. The van der Waals surface area contributed by atoms with E-state index in [-0.39, 0.29) is 18.4 Å². The molecule has 150 valence electrons. The van der Waals surface area contributed by atoms with E-state index in [9.17, 15) is 9.18 Å². The van der Waals surface area contributed by atoms with E-state index in [2.05, 4.69) is 15.6 Å². The molecule has 0 unspecified atom stereocenters. The van der Waals surface area contributed by atoms with Gasteiger partial charge in [0, 0.05) is 30.1 Å². The fourth-order valence-corrected chi connectivity index (χ4v) is 2.59. The van der Waals surface area contributed by atoms with Gasteiger partial charge in [-0.05, 0) is 42.8 Å². The van der Waals surface area contributed by atoms with Gasteiger partial charge in [-0.15, -0.1) is 0 Å². The molecule has 1 heterocycles. The Morgan fingerprint density at radius 3 is 2.69 bits per heavy atom. The Morgan fingerprint density at radius 1 is 1.07 bits per heavy atom. The summed E-state index contributed by atoms with van der Waals surface area (Å²) in [6.07, 6.45) is 1.64. The highest BCUT2D eigenvalue weighted by molar-refractivity contribution is 5.89. The third-order valence-electron chi connectivity index (χ3n) is 3.98. The molecule has 0 saturated carbocycles. The van der Waals surface area contributed by atoms with E-state index in [1.165, 1.54) is 12.1 Å². The van der Waals surface area contributed by atoms with E-state index in [4.69, 9.17) is 9.47 Å². The summed E-state index contributed by atoms with van der Waals surface area (Å²) in [5, 5.41) is 5.55. The van der Waals surface area contributed by atoms with Crippen molar-refractivity contribution in [2.45, 2.75) is 20.1 Å². The van der Waals surface area contributed by atoms with Gasteiger partial charge in [0.1, 0.15) is 18.2 Å². The zero-order valence-electron chi connectivity index (χ0n) is 16.0. The number of urea groups is 1. The molecular weight excluding hydrogens is 373 g/mol. The van der Waals surface area contributed by atoms with Gasteiger partial charge in [0.15, 0.2) is 0 Å². The second-order valence-corrected chi connectivity index (χ2v) is 6.15. The highest BCUT2D eigenvalue weighted by Crippen LogP contribution is 2.19. The minimum atomic E-state index is -0.355. The minimum absolute atomic E-state index is 0.286. The second-order valence-electron chi connectivity index (χ2n) is 6.15. The quantitative estimate of drug-likeness (QED) is 0.588. The van der Waals surface area contributed by atoms with Gasteiger partial charge in [0.25, 0.3) is 0 Å². The summed E-state index contributed by atoms with van der Waals surface area (Å²) in [5.74, 6) is 0.815. The molecule has 0 radical (unpaired) electrons. The van der Waals surface area contributed by atoms with Crippen LogP contribution in [0.1, 0.15) is 18.1 Å². The van der Waals surface area contributed by atoms with Gasteiger partial charge in [-0.25, -0.2) is 14.2 Å². The van der Waals surface area contributed by atoms with Crippen molar-refractivity contribution >= 4 is 11.7 Å². The number of benzene rings is 2. The molecule has 29 heavy (non-hydrogen) atoms. The van der Waals surface area contributed by atoms with Gasteiger partial charge in [0.2, 0.25) is 5.88 Å². The Labute approximate surface area is 168 Å². The Balaban J connectivity index is 1.53. The first-order valence-electron chi connectivity index (χ1n) is 9.23. The zero-order chi connectivity index (χ0) is 20.5. The number of pyridine rings is 1. The van der Waals surface area contributed by atoms with Crippen molar-refractivity contribution in [3.8, 4) is 11.6 Å². The van der Waals surface area contributed by atoms with Crippen molar-refractivity contribution in [3.05, 3.63) is 83.8 Å². The molecule has 0 aliphatic heterocycles. The number of nitrogens with one attached hydrogen (secondary N) is 2. The lowest BCUT2D eigenvalue weighted by Crippen LogP contribution is -2.28. The normalized spacial score (nSPS) is 10.3. The van der Waals surface area contributed by atoms with Crippen LogP contribution in [0.15, 0.2) is 66.9 Å². The van der Waals surface area contributed by atoms with E-state index in [0.29, 0.717) is 30.5 Å². The number of halogens is 1. The topological polar surface area (TPSA) is 72.5 Å². The number of aromatic nitrogens is 1. The summed E-state index contributed by atoms with van der Waals surface area (Å²) in [6.45, 7) is 2.97. The number of carbonyl (C=O) groups is 1. The Hall–Kier alpha value is -3.61. The summed E-state index contributed by atoms with van der Waals surface area (Å²) in [4.78, 5) is 16.4. The highest BCUT2D eigenvalue weighted by Gasteiger charge is 2.07. The van der Waals surface area contributed by atoms with Crippen molar-refractivity contribution in [3.63, 3.8) is 0 Å². The fourth-order valence-electron chi connectivity index (χ4n) is 2.59. The summed E-state index contributed by atoms with van der Waals surface area (Å²) >= 11 is 0. The van der Waals surface area contributed by atoms with E-state index in [1.807, 2.05) is 13.0 Å². The van der Waals surface area contributed by atoms with Crippen molar-refractivity contribution in [1.82, 2.24) is 10.3 Å². The lowest BCUT2D eigenvalue weighted by Gasteiger charge is -2.12. The minimum Gasteiger partial charge on any atom is -0.489 e. The molecule has 2 amide bonds. The van der Waals surface area contributed by atoms with Crippen LogP contribution in [-0.4, -0.2) is 17.6 Å². The Kier molecular flexibility index (Phi) is 7.00. The molecule has 3 rings (SSSR count). The average Bonchev–Trinajstić information content (AvgIpc) is 2.73. The predicted octanol–water partition coefficient (Wildman–Crippen LogP) is 4.52. The third kappa shape index (κ3) is 6.21. The SMILES string of the molecule is CCOc1ncccc1CNC(=O)Nc1cccc(OCc2ccc(F)cc2)c1. The lowest BCUT2D eigenvalue weighted by molar-refractivity contribution is 0.251. The molecule has 6 nitrogen and oxygen atoms in total. The van der Waals surface area contributed by atoms with Crippen molar-refractivity contribution in [2.75, 3.05) is 11.9 Å². The zero-order valence-corrected chi connectivity index (χ0v) is 16.0. The maximum absolute atomic E-state index is 13.0. The number of rotatable bonds is 8. The van der Waals surface area contributed by atoms with Crippen LogP contribution in [-0.2, 0) is 13.2 Å². The standard InChI is InChI=1S/C22H22FN3O3/c1-2-28-21-17(5-4-12-24-21)14-25-22(27)26-19-6-3-7-20(13-19)29-15-16-8-10-18(23)11-9-16/h3-13H,2,14-15H2,1H3,(H2,25,26,27). The van der Waals surface area contributed by atoms with E-state index in [0.717, 1.165) is 11.1 Å². The molecule has 0 atom stereocenters. The van der Waals surface area contributed by atoms with Gasteiger partial charge < -0.3 is 20.1 Å². The maximum atomic E-state index is 13.0. The van der Waals surface area contributed by atoms with E-state index >= 15 is 0 Å². The van der Waals surface area contributed by atoms with Gasteiger partial charge in [0.05, 0.1) is 6.61 Å². The average molecular weight is 395 g/mol. The molecule has 0 aliphatic carbocycles. The number of anilines is 1. The fraction of sp³-hybridized carbons (Fsp3) is 0.182. The second kappa shape index (κ2) is 10.1. The van der Waals surface area contributed by atoms with Crippen molar-refractivity contribution < 1.29 is 18.7 Å². The summed E-state index contributed by atoms with van der Waals surface area (Å²) in [5.41, 5.74) is 2.24. The summed E-state index contributed by atoms with van der Waals surface area (Å²) < 4.78 is 24.1. The van der Waals surface area contributed by atoms with Gasteiger partial charge >= 0.3 is 6.03 Å². The summed E-state index contributed by atoms with van der Waals surface area (Å²) in [6, 6.07) is 16.5. The first-order chi connectivity index (χ1) is 14.1. The van der Waals surface area contributed by atoms with Crippen LogP contribution >= 0.6 is 0 Å². The molecule has 7 heteroatoms. The van der Waals surface area contributed by atoms with Crippen LogP contribution in [0.25, 0.3) is 0 Å². The van der Waals surface area contributed by atoms with Crippen LogP contribution in [0.4, 0.5) is 14.9 Å². The van der Waals surface area contributed by atoms with Crippen LogP contribution in [0.5, 0.6) is 11.6 Å². The lowest BCUT2D eigenvalue weighted by atomic mass is 10.2. The number of amides is 2. The molecule has 1 aromatic heterocycles. The number of nitrogens with zero attached hydrogens (tertiary/aromatic N) is 1. The molecule has 0 bridgehead atoms. The van der Waals surface area contributed by atoms with Gasteiger partial charge in [-0.1, -0.05) is 24.3 Å². The van der Waals surface area contributed by atoms with Gasteiger partial charge in [-0.3, -0.25) is 0 Å². The first kappa shape index (κ1) is 20.1. The highest BCUT2D eigenvalue weighted by atomic mass is 19.1. The monoisotopic (exact) mass is 395 g/mol. The molecule has 0 saturated heterocycles. The maximum Gasteiger partial charge on any atom is 0.319 e. The summed E-state index contributed by atoms with van der Waals surface area (Å²) in [7, 11) is 0. The number of hydrogen-bond donors (Lipinski definition) is 2. The number of hydrogen-bond acceptors (Lipinski definition) is 4. The molecule has 3 aromatic rings. The molecular formula is C22H22FN3O3. The molecule has 0 aliphatic rings.